The van der Waals surface area contributed by atoms with E-state index in [1.807, 2.05) is 18.2 Å². The maximum Gasteiger partial charge on any atom is 0.369 e. The van der Waals surface area contributed by atoms with Gasteiger partial charge in [-0.2, -0.15) is 4.20 Å². The standard InChI is InChI=1S/C55H98FN4O13P/c1-4-7-9-11-13-15-17-19-21-23-25-71-54-43-51(44-55(45-54)72-26-24-22-20-18-16-14-12-10-8-5-2)46-57-47-53(61)49-60-48-52(58-59-60)50-70-40-39-68-36-35-66-32-31-64-28-27-63-29-30-65-33-34-67-37-38-69-41-42-74(56,62)73-6-3/h43-46,48H,4-42,47,49-50H2,1-3H3. The number of halogens is 1. The highest BCUT2D eigenvalue weighted by atomic mass is 31.2. The lowest BCUT2D eigenvalue weighted by atomic mass is 10.1. The second kappa shape index (κ2) is 49.7. The summed E-state index contributed by atoms with van der Waals surface area (Å²) in [6.07, 6.45) is 28.7. The molecule has 0 saturated heterocycles. The SMILES string of the molecule is CCCCCCCCCCCCOc1cc(C=NCC(=O)Cn2cc(COCCOCCOCCOCCOCCOCCOCCOCCP(=O)(F)OCC)nn2)cc(OCCCCCCCCCCCC)c1. The highest BCUT2D eigenvalue weighted by Gasteiger charge is 2.20. The van der Waals surface area contributed by atoms with Crippen LogP contribution >= 0.6 is 7.68 Å². The average molecular weight is 1070 g/mol. The van der Waals surface area contributed by atoms with Crippen LogP contribution in [0.5, 0.6) is 11.5 Å². The lowest BCUT2D eigenvalue weighted by Crippen LogP contribution is -2.15. The fourth-order valence-electron chi connectivity index (χ4n) is 7.51. The lowest BCUT2D eigenvalue weighted by molar-refractivity contribution is -0.118. The van der Waals surface area contributed by atoms with Gasteiger partial charge < -0.3 is 51.9 Å². The summed E-state index contributed by atoms with van der Waals surface area (Å²) in [5, 5.41) is 8.23. The normalized spacial score (nSPS) is 12.5. The van der Waals surface area contributed by atoms with Crippen molar-refractivity contribution < 1.29 is 65.4 Å². The molecular formula is C55H98FN4O13P. The summed E-state index contributed by atoms with van der Waals surface area (Å²) >= 11 is 0. The van der Waals surface area contributed by atoms with Gasteiger partial charge in [-0.3, -0.25) is 14.4 Å². The second-order valence-electron chi connectivity index (χ2n) is 18.3. The molecule has 19 heteroatoms. The number of carbonyl (C=O) groups is 1. The highest BCUT2D eigenvalue weighted by Crippen LogP contribution is 2.47. The molecule has 17 nitrogen and oxygen atoms in total. The van der Waals surface area contributed by atoms with E-state index in [1.165, 1.54) is 120 Å². The van der Waals surface area contributed by atoms with Crippen LogP contribution in [0.15, 0.2) is 29.4 Å². The molecule has 1 heterocycles. The summed E-state index contributed by atoms with van der Waals surface area (Å²) < 4.78 is 87.0. The number of rotatable bonds is 57. The Morgan fingerprint density at radius 2 is 0.932 bits per heavy atom. The molecule has 0 bridgehead atoms. The fourth-order valence-corrected chi connectivity index (χ4v) is 8.37. The van der Waals surface area contributed by atoms with Gasteiger partial charge in [-0.05, 0) is 37.5 Å². The van der Waals surface area contributed by atoms with Gasteiger partial charge in [-0.1, -0.05) is 135 Å². The van der Waals surface area contributed by atoms with Crippen molar-refractivity contribution in [3.63, 3.8) is 0 Å². The van der Waals surface area contributed by atoms with Crippen molar-refractivity contribution in [1.29, 1.82) is 0 Å². The largest absolute Gasteiger partial charge is 0.493 e. The number of ketones is 1. The van der Waals surface area contributed by atoms with Crippen molar-refractivity contribution in [1.82, 2.24) is 15.0 Å². The minimum absolute atomic E-state index is 0.0132. The summed E-state index contributed by atoms with van der Waals surface area (Å²) in [4.78, 5) is 17.3. The molecule has 1 aromatic heterocycles. The van der Waals surface area contributed by atoms with Crippen molar-refractivity contribution >= 4 is 19.7 Å². The first-order chi connectivity index (χ1) is 36.3. The van der Waals surface area contributed by atoms with E-state index >= 15 is 0 Å². The first-order valence-corrected chi connectivity index (χ1v) is 29.9. The van der Waals surface area contributed by atoms with Gasteiger partial charge in [0.1, 0.15) is 23.7 Å². The molecule has 1 aromatic carbocycles. The number of Topliss-reactive ketones (excluding diaryl/α,β-unsaturated/α-hetero) is 1. The molecule has 0 aliphatic carbocycles. The monoisotopic (exact) mass is 1070 g/mol. The summed E-state index contributed by atoms with van der Waals surface area (Å²) in [5.74, 6) is 1.44. The third kappa shape index (κ3) is 42.2. The predicted molar refractivity (Wildman–Crippen MR) is 289 cm³/mol. The Morgan fingerprint density at radius 3 is 1.35 bits per heavy atom. The Kier molecular flexibility index (Phi) is 45.1. The van der Waals surface area contributed by atoms with Gasteiger partial charge >= 0.3 is 7.68 Å². The Hall–Kier alpha value is -2.90. The molecule has 0 radical (unpaired) electrons. The van der Waals surface area contributed by atoms with Gasteiger partial charge in [0.25, 0.3) is 0 Å². The van der Waals surface area contributed by atoms with Crippen molar-refractivity contribution in [2.24, 2.45) is 4.99 Å². The smallest absolute Gasteiger partial charge is 0.369 e. The minimum atomic E-state index is -4.05. The third-order valence-electron chi connectivity index (χ3n) is 11.5. The van der Waals surface area contributed by atoms with Crippen LogP contribution in [0.3, 0.4) is 0 Å². The molecule has 428 valence electrons. The zero-order valence-electron chi connectivity index (χ0n) is 46.0. The molecule has 0 amide bonds. The van der Waals surface area contributed by atoms with Crippen LogP contribution in [0.2, 0.25) is 0 Å². The number of nitrogens with zero attached hydrogens (tertiary/aromatic N) is 4. The summed E-state index contributed by atoms with van der Waals surface area (Å²) in [5.41, 5.74) is 1.46. The molecule has 2 aromatic rings. The van der Waals surface area contributed by atoms with E-state index in [0.717, 1.165) is 29.9 Å². The van der Waals surface area contributed by atoms with E-state index in [2.05, 4.69) is 33.7 Å². The molecule has 0 fully saturated rings. The van der Waals surface area contributed by atoms with Crippen molar-refractivity contribution in [3.8, 4) is 11.5 Å². The summed E-state index contributed by atoms with van der Waals surface area (Å²) in [6, 6.07) is 5.91. The van der Waals surface area contributed by atoms with E-state index < -0.39 is 7.68 Å². The van der Waals surface area contributed by atoms with Gasteiger partial charge in [0.15, 0.2) is 5.78 Å². The van der Waals surface area contributed by atoms with Gasteiger partial charge in [0.2, 0.25) is 0 Å². The molecule has 1 atom stereocenters. The van der Waals surface area contributed by atoms with Gasteiger partial charge in [-0.15, -0.1) is 5.10 Å². The average Bonchev–Trinajstić information content (AvgIpc) is 3.83. The number of benzene rings is 1. The van der Waals surface area contributed by atoms with E-state index in [1.54, 1.807) is 19.3 Å². The number of hydrogen-bond donors (Lipinski definition) is 0. The molecule has 0 N–H and O–H groups in total. The molecular weight excluding hydrogens is 975 g/mol. The van der Waals surface area contributed by atoms with Crippen molar-refractivity contribution in [3.05, 3.63) is 35.7 Å². The Balaban J connectivity index is 1.52. The summed E-state index contributed by atoms with van der Waals surface area (Å²) in [7, 11) is -4.05. The Morgan fingerprint density at radius 1 is 0.541 bits per heavy atom. The number of carbonyl (C=O) groups excluding carboxylic acids is 1. The number of aliphatic imine (C=N–C) groups is 1. The zero-order valence-corrected chi connectivity index (χ0v) is 46.9. The van der Waals surface area contributed by atoms with E-state index in [9.17, 15) is 13.6 Å². The first kappa shape index (κ1) is 67.2. The van der Waals surface area contributed by atoms with Crippen LogP contribution in [0.25, 0.3) is 0 Å². The van der Waals surface area contributed by atoms with E-state index in [0.29, 0.717) is 105 Å². The van der Waals surface area contributed by atoms with Gasteiger partial charge in [0, 0.05) is 12.3 Å². The van der Waals surface area contributed by atoms with Crippen LogP contribution in [0, 0.1) is 0 Å². The molecule has 0 aliphatic heterocycles. The Labute approximate surface area is 444 Å². The molecule has 1 unspecified atom stereocenters. The zero-order chi connectivity index (χ0) is 53.1. The number of ether oxygens (including phenoxy) is 10. The second-order valence-corrected chi connectivity index (χ2v) is 20.2. The number of unbranched alkanes of at least 4 members (excludes halogenated alkanes) is 18. The van der Waals surface area contributed by atoms with Crippen LogP contribution < -0.4 is 9.47 Å². The lowest BCUT2D eigenvalue weighted by Gasteiger charge is -2.11. The predicted octanol–water partition coefficient (Wildman–Crippen LogP) is 11.4. The topological polar surface area (TPSA) is 179 Å². The number of hydrogen-bond acceptors (Lipinski definition) is 16. The highest BCUT2D eigenvalue weighted by molar-refractivity contribution is 7.53. The Bertz CT molecular complexity index is 1620. The van der Waals surface area contributed by atoms with Crippen molar-refractivity contribution in [2.45, 2.75) is 162 Å². The number of aromatic nitrogens is 3. The van der Waals surface area contributed by atoms with Crippen molar-refractivity contribution in [2.75, 3.05) is 132 Å². The van der Waals surface area contributed by atoms with E-state index in [-0.39, 0.29) is 51.5 Å². The van der Waals surface area contributed by atoms with Gasteiger partial charge in [0.05, 0.1) is 144 Å². The first-order valence-electron chi connectivity index (χ1n) is 28.2. The molecule has 0 saturated carbocycles. The molecule has 74 heavy (non-hydrogen) atoms. The third-order valence-corrected chi connectivity index (χ3v) is 12.9. The van der Waals surface area contributed by atoms with E-state index in [4.69, 9.17) is 47.4 Å². The maximum atomic E-state index is 13.4. The fraction of sp³-hybridized carbons (Fsp3) is 0.818. The molecule has 0 spiro atoms. The summed E-state index contributed by atoms with van der Waals surface area (Å²) in [6.45, 7) is 13.6. The molecule has 2 rings (SSSR count). The minimum Gasteiger partial charge on any atom is -0.493 e. The van der Waals surface area contributed by atoms with Crippen LogP contribution in [-0.4, -0.2) is 159 Å². The maximum absolute atomic E-state index is 13.4. The quantitative estimate of drug-likeness (QED) is 0.0347. The van der Waals surface area contributed by atoms with Crippen LogP contribution in [-0.2, 0) is 64.9 Å². The van der Waals surface area contributed by atoms with Gasteiger partial charge in [-0.25, -0.2) is 4.68 Å². The van der Waals surface area contributed by atoms with Crippen LogP contribution in [0.4, 0.5) is 4.20 Å². The molecule has 0 aliphatic rings. The van der Waals surface area contributed by atoms with Crippen LogP contribution in [0.1, 0.15) is 160 Å².